The standard InChI is InChI=1S/C14H20N2O3/c1-15-8-10-3-6-12(13(7-10)18-2)19-9-14(17)16-11-4-5-11/h3,6-7,11,15H,4-5,8-9H2,1-2H3,(H,16,17). The van der Waals surface area contributed by atoms with Gasteiger partial charge in [0.1, 0.15) is 0 Å². The number of hydrogen-bond donors (Lipinski definition) is 2. The van der Waals surface area contributed by atoms with E-state index in [1.807, 2.05) is 25.2 Å². The van der Waals surface area contributed by atoms with Crippen LogP contribution in [0.3, 0.4) is 0 Å². The van der Waals surface area contributed by atoms with Gasteiger partial charge in [-0.1, -0.05) is 6.07 Å². The van der Waals surface area contributed by atoms with Crippen LogP contribution < -0.4 is 20.1 Å². The molecule has 1 amide bonds. The highest BCUT2D eigenvalue weighted by molar-refractivity contribution is 5.78. The second kappa shape index (κ2) is 6.43. The monoisotopic (exact) mass is 264 g/mol. The Hall–Kier alpha value is -1.75. The maximum Gasteiger partial charge on any atom is 0.258 e. The lowest BCUT2D eigenvalue weighted by atomic mass is 10.2. The van der Waals surface area contributed by atoms with Crippen molar-refractivity contribution in [1.29, 1.82) is 0 Å². The minimum atomic E-state index is -0.0798. The highest BCUT2D eigenvalue weighted by Crippen LogP contribution is 2.28. The Labute approximate surface area is 113 Å². The van der Waals surface area contributed by atoms with Crippen LogP contribution in [-0.2, 0) is 11.3 Å². The summed E-state index contributed by atoms with van der Waals surface area (Å²) in [4.78, 5) is 11.5. The molecule has 5 nitrogen and oxygen atoms in total. The van der Waals surface area contributed by atoms with Crippen molar-refractivity contribution in [1.82, 2.24) is 10.6 Å². The smallest absolute Gasteiger partial charge is 0.258 e. The third kappa shape index (κ3) is 4.13. The molecule has 0 aromatic heterocycles. The fourth-order valence-corrected chi connectivity index (χ4v) is 1.79. The van der Waals surface area contributed by atoms with Crippen molar-refractivity contribution in [3.8, 4) is 11.5 Å². The zero-order valence-corrected chi connectivity index (χ0v) is 11.4. The van der Waals surface area contributed by atoms with Gasteiger partial charge in [-0.3, -0.25) is 4.79 Å². The zero-order chi connectivity index (χ0) is 13.7. The summed E-state index contributed by atoms with van der Waals surface area (Å²) in [6, 6.07) is 6.05. The molecule has 2 N–H and O–H groups in total. The summed E-state index contributed by atoms with van der Waals surface area (Å²) in [5.74, 6) is 1.16. The summed E-state index contributed by atoms with van der Waals surface area (Å²) < 4.78 is 10.8. The molecule has 0 aliphatic heterocycles. The molecule has 1 aliphatic carbocycles. The third-order valence-electron chi connectivity index (χ3n) is 2.91. The van der Waals surface area contributed by atoms with Crippen LogP contribution >= 0.6 is 0 Å². The summed E-state index contributed by atoms with van der Waals surface area (Å²) in [5.41, 5.74) is 1.11. The van der Waals surface area contributed by atoms with Crippen molar-refractivity contribution >= 4 is 5.91 Å². The molecule has 104 valence electrons. The van der Waals surface area contributed by atoms with Gasteiger partial charge in [0.25, 0.3) is 5.91 Å². The lowest BCUT2D eigenvalue weighted by Crippen LogP contribution is -2.30. The number of benzene rings is 1. The molecule has 0 atom stereocenters. The van der Waals surface area contributed by atoms with E-state index in [0.717, 1.165) is 24.9 Å². The van der Waals surface area contributed by atoms with E-state index in [0.29, 0.717) is 17.5 Å². The Bertz CT molecular complexity index is 444. The van der Waals surface area contributed by atoms with E-state index in [2.05, 4.69) is 10.6 Å². The number of carbonyl (C=O) groups is 1. The SMILES string of the molecule is CNCc1ccc(OCC(=O)NC2CC2)c(OC)c1. The first-order valence-electron chi connectivity index (χ1n) is 6.46. The molecule has 19 heavy (non-hydrogen) atoms. The lowest BCUT2D eigenvalue weighted by molar-refractivity contribution is -0.123. The molecule has 0 saturated heterocycles. The molecule has 0 radical (unpaired) electrons. The fourth-order valence-electron chi connectivity index (χ4n) is 1.79. The van der Waals surface area contributed by atoms with Crippen LogP contribution in [0.15, 0.2) is 18.2 Å². The molecule has 1 aliphatic rings. The van der Waals surface area contributed by atoms with Crippen molar-refractivity contribution < 1.29 is 14.3 Å². The molecule has 2 rings (SSSR count). The van der Waals surface area contributed by atoms with Gasteiger partial charge in [0.15, 0.2) is 18.1 Å². The lowest BCUT2D eigenvalue weighted by Gasteiger charge is -2.12. The Morgan fingerprint density at radius 1 is 1.37 bits per heavy atom. The number of methoxy groups -OCH3 is 1. The quantitative estimate of drug-likeness (QED) is 0.773. The molecule has 1 aromatic carbocycles. The van der Waals surface area contributed by atoms with Gasteiger partial charge in [-0.25, -0.2) is 0 Å². The van der Waals surface area contributed by atoms with E-state index in [-0.39, 0.29) is 12.5 Å². The van der Waals surface area contributed by atoms with Gasteiger partial charge in [-0.2, -0.15) is 0 Å². The molecular formula is C14H20N2O3. The maximum atomic E-state index is 11.5. The van der Waals surface area contributed by atoms with E-state index in [1.165, 1.54) is 0 Å². The van der Waals surface area contributed by atoms with E-state index in [4.69, 9.17) is 9.47 Å². The third-order valence-corrected chi connectivity index (χ3v) is 2.91. The van der Waals surface area contributed by atoms with Crippen molar-refractivity contribution in [2.45, 2.75) is 25.4 Å². The van der Waals surface area contributed by atoms with Crippen molar-refractivity contribution in [3.63, 3.8) is 0 Å². The summed E-state index contributed by atoms with van der Waals surface area (Å²) in [5, 5.41) is 5.95. The van der Waals surface area contributed by atoms with Gasteiger partial charge in [-0.05, 0) is 37.6 Å². The number of nitrogens with one attached hydrogen (secondary N) is 2. The largest absolute Gasteiger partial charge is 0.493 e. The summed E-state index contributed by atoms with van der Waals surface area (Å²) in [6.45, 7) is 0.789. The van der Waals surface area contributed by atoms with E-state index >= 15 is 0 Å². The number of amides is 1. The maximum absolute atomic E-state index is 11.5. The molecule has 0 spiro atoms. The predicted molar refractivity (Wildman–Crippen MR) is 72.4 cm³/mol. The second-order valence-electron chi connectivity index (χ2n) is 4.65. The molecule has 1 fully saturated rings. The van der Waals surface area contributed by atoms with Crippen molar-refractivity contribution in [2.24, 2.45) is 0 Å². The van der Waals surface area contributed by atoms with Crippen LogP contribution in [0, 0.1) is 0 Å². The first kappa shape index (κ1) is 13.7. The minimum absolute atomic E-state index is 0.0260. The Morgan fingerprint density at radius 3 is 2.79 bits per heavy atom. The van der Waals surface area contributed by atoms with Crippen LogP contribution in [0.4, 0.5) is 0 Å². The number of carbonyl (C=O) groups excluding carboxylic acids is 1. The fraction of sp³-hybridized carbons (Fsp3) is 0.500. The number of ether oxygens (including phenoxy) is 2. The highest BCUT2D eigenvalue weighted by Gasteiger charge is 2.23. The van der Waals surface area contributed by atoms with E-state index in [9.17, 15) is 4.79 Å². The van der Waals surface area contributed by atoms with Crippen LogP contribution in [-0.4, -0.2) is 32.7 Å². The first-order valence-corrected chi connectivity index (χ1v) is 6.46. The predicted octanol–water partition coefficient (Wildman–Crippen LogP) is 1.07. The molecular weight excluding hydrogens is 244 g/mol. The van der Waals surface area contributed by atoms with Crippen LogP contribution in [0.25, 0.3) is 0 Å². The van der Waals surface area contributed by atoms with Crippen molar-refractivity contribution in [2.75, 3.05) is 20.8 Å². The van der Waals surface area contributed by atoms with Crippen LogP contribution in [0.2, 0.25) is 0 Å². The number of rotatable bonds is 7. The summed E-state index contributed by atoms with van der Waals surface area (Å²) >= 11 is 0. The highest BCUT2D eigenvalue weighted by atomic mass is 16.5. The van der Waals surface area contributed by atoms with Crippen LogP contribution in [0.5, 0.6) is 11.5 Å². The van der Waals surface area contributed by atoms with Gasteiger partial charge in [0.2, 0.25) is 0 Å². The molecule has 1 saturated carbocycles. The first-order chi connectivity index (χ1) is 9.22. The van der Waals surface area contributed by atoms with Gasteiger partial charge < -0.3 is 20.1 Å². The zero-order valence-electron chi connectivity index (χ0n) is 11.4. The Morgan fingerprint density at radius 2 is 2.16 bits per heavy atom. The minimum Gasteiger partial charge on any atom is -0.493 e. The topological polar surface area (TPSA) is 59.6 Å². The van der Waals surface area contributed by atoms with Crippen LogP contribution in [0.1, 0.15) is 18.4 Å². The Kier molecular flexibility index (Phi) is 4.63. The average molecular weight is 264 g/mol. The average Bonchev–Trinajstić information content (AvgIpc) is 3.21. The molecule has 0 unspecified atom stereocenters. The Balaban J connectivity index is 1.92. The molecule has 0 heterocycles. The van der Waals surface area contributed by atoms with Gasteiger partial charge in [0.05, 0.1) is 7.11 Å². The molecule has 5 heteroatoms. The summed E-state index contributed by atoms with van der Waals surface area (Å²) in [6.07, 6.45) is 2.15. The van der Waals surface area contributed by atoms with Gasteiger partial charge >= 0.3 is 0 Å². The van der Waals surface area contributed by atoms with E-state index in [1.54, 1.807) is 7.11 Å². The summed E-state index contributed by atoms with van der Waals surface area (Å²) in [7, 11) is 3.48. The number of hydrogen-bond acceptors (Lipinski definition) is 4. The second-order valence-corrected chi connectivity index (χ2v) is 4.65. The molecule has 0 bridgehead atoms. The van der Waals surface area contributed by atoms with Crippen molar-refractivity contribution in [3.05, 3.63) is 23.8 Å². The normalized spacial score (nSPS) is 14.0. The van der Waals surface area contributed by atoms with E-state index < -0.39 is 0 Å². The molecule has 1 aromatic rings. The van der Waals surface area contributed by atoms with Gasteiger partial charge in [0, 0.05) is 12.6 Å². The van der Waals surface area contributed by atoms with Gasteiger partial charge in [-0.15, -0.1) is 0 Å².